The van der Waals surface area contributed by atoms with Gasteiger partial charge < -0.3 is 10.0 Å². The fraction of sp³-hybridized carbons (Fsp3) is 0.588. The summed E-state index contributed by atoms with van der Waals surface area (Å²) in [4.78, 5) is 15.8. The van der Waals surface area contributed by atoms with Gasteiger partial charge in [-0.2, -0.15) is 0 Å². The van der Waals surface area contributed by atoms with Crippen LogP contribution >= 0.6 is 11.8 Å². The highest BCUT2D eigenvalue weighted by atomic mass is 32.2. The third-order valence-corrected chi connectivity index (χ3v) is 4.97. The lowest BCUT2D eigenvalue weighted by atomic mass is 9.86. The third kappa shape index (κ3) is 4.48. The Hall–Kier alpha value is -1.00. The van der Waals surface area contributed by atoms with E-state index in [0.717, 1.165) is 25.8 Å². The van der Waals surface area contributed by atoms with E-state index in [1.54, 1.807) is 11.8 Å². The largest absolute Gasteiger partial charge is 0.393 e. The van der Waals surface area contributed by atoms with Gasteiger partial charge in [0.25, 0.3) is 0 Å². The molecule has 1 aliphatic carbocycles. The van der Waals surface area contributed by atoms with Crippen molar-refractivity contribution in [2.45, 2.75) is 50.2 Å². The molecule has 1 aromatic rings. The van der Waals surface area contributed by atoms with Gasteiger partial charge in [-0.15, -0.1) is 11.8 Å². The van der Waals surface area contributed by atoms with Crippen molar-refractivity contribution in [3.63, 3.8) is 0 Å². The van der Waals surface area contributed by atoms with Gasteiger partial charge in [0.2, 0.25) is 5.91 Å². The van der Waals surface area contributed by atoms with E-state index < -0.39 is 0 Å². The molecule has 1 aliphatic rings. The lowest BCUT2D eigenvalue weighted by Gasteiger charge is -2.30. The van der Waals surface area contributed by atoms with Crippen LogP contribution in [0.3, 0.4) is 0 Å². The van der Waals surface area contributed by atoms with E-state index in [-0.39, 0.29) is 17.9 Å². The highest BCUT2D eigenvalue weighted by Crippen LogP contribution is 2.26. The van der Waals surface area contributed by atoms with E-state index in [1.165, 1.54) is 10.5 Å². The number of hydrogen-bond donors (Lipinski definition) is 1. The molecule has 0 heterocycles. The summed E-state index contributed by atoms with van der Waals surface area (Å²) in [5.74, 6) is 0.198. The zero-order valence-electron chi connectivity index (χ0n) is 12.9. The molecule has 1 saturated carbocycles. The Bertz CT molecular complexity index is 460. The summed E-state index contributed by atoms with van der Waals surface area (Å²) >= 11 is 1.72. The number of nitrogens with zero attached hydrogens (tertiary/aromatic N) is 1. The van der Waals surface area contributed by atoms with E-state index >= 15 is 0 Å². The lowest BCUT2D eigenvalue weighted by molar-refractivity contribution is -0.138. The molecule has 3 nitrogen and oxygen atoms in total. The molecule has 1 fully saturated rings. The molecule has 0 unspecified atom stereocenters. The molecule has 21 heavy (non-hydrogen) atoms. The average Bonchev–Trinajstić information content (AvgIpc) is 2.52. The first-order valence-electron chi connectivity index (χ1n) is 7.73. The van der Waals surface area contributed by atoms with E-state index in [1.807, 2.05) is 11.8 Å². The fourth-order valence-electron chi connectivity index (χ4n) is 2.94. The Morgan fingerprint density at radius 3 is 2.62 bits per heavy atom. The van der Waals surface area contributed by atoms with Crippen molar-refractivity contribution < 1.29 is 9.90 Å². The molecule has 0 radical (unpaired) electrons. The summed E-state index contributed by atoms with van der Waals surface area (Å²) in [7, 11) is 0. The Labute approximate surface area is 131 Å². The van der Waals surface area contributed by atoms with Crippen molar-refractivity contribution in [3.05, 3.63) is 29.8 Å². The highest BCUT2D eigenvalue weighted by Gasteiger charge is 2.28. The van der Waals surface area contributed by atoms with E-state index in [9.17, 15) is 9.90 Å². The topological polar surface area (TPSA) is 40.5 Å². The van der Waals surface area contributed by atoms with E-state index in [4.69, 9.17) is 0 Å². The van der Waals surface area contributed by atoms with Crippen LogP contribution in [-0.4, -0.2) is 34.8 Å². The van der Waals surface area contributed by atoms with Crippen LogP contribution in [0, 0.1) is 5.92 Å². The maximum atomic E-state index is 12.6. The summed E-state index contributed by atoms with van der Waals surface area (Å²) in [5.41, 5.74) is 1.17. The molecule has 0 bridgehead atoms. The summed E-state index contributed by atoms with van der Waals surface area (Å²) in [6.07, 6.45) is 5.10. The van der Waals surface area contributed by atoms with Crippen LogP contribution in [0.25, 0.3) is 0 Å². The molecule has 0 aliphatic heterocycles. The number of amides is 1. The van der Waals surface area contributed by atoms with Crippen molar-refractivity contribution >= 4 is 17.7 Å². The number of rotatable bonds is 5. The molecule has 1 amide bonds. The van der Waals surface area contributed by atoms with Crippen LogP contribution in [0.15, 0.2) is 29.2 Å². The second-order valence-corrected chi connectivity index (χ2v) is 6.60. The number of aliphatic hydroxyl groups is 1. The Balaban J connectivity index is 1.99. The van der Waals surface area contributed by atoms with Crippen molar-refractivity contribution in [2.24, 2.45) is 5.92 Å². The standard InChI is InChI=1S/C17H25NO2S/c1-3-18(12-13-7-9-16(21-2)10-8-13)17(20)14-5-4-6-15(19)11-14/h7-10,14-15,19H,3-6,11-12H2,1-2H3/t14-,15+/m1/s1. The first kappa shape index (κ1) is 16.4. The maximum absolute atomic E-state index is 12.6. The number of thioether (sulfide) groups is 1. The van der Waals surface area contributed by atoms with Crippen LogP contribution in [0.1, 0.15) is 38.2 Å². The van der Waals surface area contributed by atoms with E-state index in [0.29, 0.717) is 13.0 Å². The summed E-state index contributed by atoms with van der Waals surface area (Å²) in [5, 5.41) is 9.76. The van der Waals surface area contributed by atoms with Gasteiger partial charge in [0.1, 0.15) is 0 Å². The molecule has 116 valence electrons. The van der Waals surface area contributed by atoms with Gasteiger partial charge in [-0.25, -0.2) is 0 Å². The minimum Gasteiger partial charge on any atom is -0.393 e. The SMILES string of the molecule is CCN(Cc1ccc(SC)cc1)C(=O)[C@@H]1CCC[C@H](O)C1. The minimum absolute atomic E-state index is 0.000768. The quantitative estimate of drug-likeness (QED) is 0.849. The van der Waals surface area contributed by atoms with Gasteiger partial charge in [0.05, 0.1) is 6.10 Å². The first-order chi connectivity index (χ1) is 10.1. The van der Waals surface area contributed by atoms with Gasteiger partial charge in [-0.1, -0.05) is 18.6 Å². The minimum atomic E-state index is -0.299. The van der Waals surface area contributed by atoms with Crippen molar-refractivity contribution in [2.75, 3.05) is 12.8 Å². The predicted octanol–water partition coefficient (Wildman–Crippen LogP) is 3.31. The third-order valence-electron chi connectivity index (χ3n) is 4.22. The zero-order valence-corrected chi connectivity index (χ0v) is 13.7. The second-order valence-electron chi connectivity index (χ2n) is 5.72. The molecule has 1 aromatic carbocycles. The van der Waals surface area contributed by atoms with Gasteiger partial charge in [-0.3, -0.25) is 4.79 Å². The average molecular weight is 307 g/mol. The van der Waals surface area contributed by atoms with Crippen LogP contribution in [-0.2, 0) is 11.3 Å². The maximum Gasteiger partial charge on any atom is 0.226 e. The van der Waals surface area contributed by atoms with E-state index in [2.05, 4.69) is 30.5 Å². The second kappa shape index (κ2) is 7.85. The van der Waals surface area contributed by atoms with Gasteiger partial charge in [0.15, 0.2) is 0 Å². The number of hydrogen-bond acceptors (Lipinski definition) is 3. The molecule has 2 rings (SSSR count). The Kier molecular flexibility index (Phi) is 6.12. The van der Waals surface area contributed by atoms with Crippen molar-refractivity contribution in [1.29, 1.82) is 0 Å². The lowest BCUT2D eigenvalue weighted by Crippen LogP contribution is -2.38. The molecule has 0 aromatic heterocycles. The predicted molar refractivity (Wildman–Crippen MR) is 87.3 cm³/mol. The van der Waals surface area contributed by atoms with Crippen LogP contribution in [0.5, 0.6) is 0 Å². The molecular formula is C17H25NO2S. The van der Waals surface area contributed by atoms with Crippen LogP contribution in [0.4, 0.5) is 0 Å². The van der Waals surface area contributed by atoms with Gasteiger partial charge >= 0.3 is 0 Å². The summed E-state index contributed by atoms with van der Waals surface area (Å²) < 4.78 is 0. The highest BCUT2D eigenvalue weighted by molar-refractivity contribution is 7.98. The summed E-state index contributed by atoms with van der Waals surface area (Å²) in [6.45, 7) is 3.40. The molecule has 0 spiro atoms. The van der Waals surface area contributed by atoms with Crippen molar-refractivity contribution in [3.8, 4) is 0 Å². The monoisotopic (exact) mass is 307 g/mol. The smallest absolute Gasteiger partial charge is 0.226 e. The number of aliphatic hydroxyl groups excluding tert-OH is 1. The van der Waals surface area contributed by atoms with Crippen LogP contribution in [0.2, 0.25) is 0 Å². The number of benzene rings is 1. The van der Waals surface area contributed by atoms with Gasteiger partial charge in [0, 0.05) is 23.9 Å². The molecule has 0 saturated heterocycles. The molecule has 1 N–H and O–H groups in total. The molecular weight excluding hydrogens is 282 g/mol. The van der Waals surface area contributed by atoms with Crippen molar-refractivity contribution in [1.82, 2.24) is 4.90 Å². The van der Waals surface area contributed by atoms with Crippen LogP contribution < -0.4 is 0 Å². The number of carbonyl (C=O) groups excluding carboxylic acids is 1. The first-order valence-corrected chi connectivity index (χ1v) is 8.96. The molecule has 2 atom stereocenters. The fourth-order valence-corrected chi connectivity index (χ4v) is 3.35. The summed E-state index contributed by atoms with van der Waals surface area (Å²) in [6, 6.07) is 8.39. The normalized spacial score (nSPS) is 22.0. The Morgan fingerprint density at radius 2 is 2.05 bits per heavy atom. The number of carbonyl (C=O) groups is 1. The Morgan fingerprint density at radius 1 is 1.33 bits per heavy atom. The van der Waals surface area contributed by atoms with Gasteiger partial charge in [-0.05, 0) is 50.1 Å². The zero-order chi connectivity index (χ0) is 15.2. The molecule has 4 heteroatoms.